The van der Waals surface area contributed by atoms with Crippen LogP contribution in [-0.2, 0) is 0 Å². The lowest BCUT2D eigenvalue weighted by Crippen LogP contribution is -2.27. The van der Waals surface area contributed by atoms with E-state index in [1.165, 1.54) is 29.5 Å². The number of amides is 1. The molecule has 6 nitrogen and oxygen atoms in total. The van der Waals surface area contributed by atoms with E-state index in [0.717, 1.165) is 5.01 Å². The molecule has 0 spiro atoms. The van der Waals surface area contributed by atoms with Gasteiger partial charge in [0.2, 0.25) is 0 Å². The Hall–Kier alpha value is -1.99. The molecule has 110 valence electrons. The van der Waals surface area contributed by atoms with Crippen molar-refractivity contribution in [2.75, 3.05) is 6.54 Å². The molecule has 1 aromatic carbocycles. The Bertz CT molecular complexity index is 661. The lowest BCUT2D eigenvalue weighted by Gasteiger charge is -2.10. The molecule has 1 amide bonds. The van der Waals surface area contributed by atoms with Crippen molar-refractivity contribution in [1.82, 2.24) is 10.3 Å². The molecule has 1 heterocycles. The highest BCUT2D eigenvalue weighted by Crippen LogP contribution is 2.25. The minimum absolute atomic E-state index is 0.0550. The Morgan fingerprint density at radius 3 is 2.90 bits per heavy atom. The standard InChI is InChI=1S/C13H12ClN3O3S/c1-8(13-15-4-5-21-13)7-16-12(18)9-2-3-11(17(19)20)10(14)6-9/h2-6,8H,7H2,1H3,(H,16,18). The van der Waals surface area contributed by atoms with Crippen LogP contribution in [0.2, 0.25) is 5.02 Å². The Morgan fingerprint density at radius 1 is 1.57 bits per heavy atom. The Morgan fingerprint density at radius 2 is 2.33 bits per heavy atom. The van der Waals surface area contributed by atoms with E-state index >= 15 is 0 Å². The summed E-state index contributed by atoms with van der Waals surface area (Å²) in [6.45, 7) is 2.39. The van der Waals surface area contributed by atoms with Gasteiger partial charge in [-0.2, -0.15) is 0 Å². The van der Waals surface area contributed by atoms with Crippen LogP contribution in [-0.4, -0.2) is 22.4 Å². The van der Waals surface area contributed by atoms with Crippen molar-refractivity contribution in [3.8, 4) is 0 Å². The van der Waals surface area contributed by atoms with Gasteiger partial charge >= 0.3 is 0 Å². The smallest absolute Gasteiger partial charge is 0.287 e. The number of aromatic nitrogens is 1. The second kappa shape index (κ2) is 6.64. The molecule has 1 aromatic heterocycles. The minimum atomic E-state index is -0.589. The Labute approximate surface area is 129 Å². The number of hydrogen-bond acceptors (Lipinski definition) is 5. The summed E-state index contributed by atoms with van der Waals surface area (Å²) in [7, 11) is 0. The first-order chi connectivity index (χ1) is 9.99. The number of nitrogens with one attached hydrogen (secondary N) is 1. The monoisotopic (exact) mass is 325 g/mol. The lowest BCUT2D eigenvalue weighted by molar-refractivity contribution is -0.384. The van der Waals surface area contributed by atoms with Crippen LogP contribution in [0, 0.1) is 10.1 Å². The number of carbonyl (C=O) groups excluding carboxylic acids is 1. The molecule has 0 aliphatic carbocycles. The van der Waals surface area contributed by atoms with E-state index in [9.17, 15) is 14.9 Å². The maximum atomic E-state index is 12.0. The van der Waals surface area contributed by atoms with Gasteiger partial charge in [0.15, 0.2) is 0 Å². The van der Waals surface area contributed by atoms with Gasteiger partial charge in [-0.1, -0.05) is 18.5 Å². The van der Waals surface area contributed by atoms with Crippen molar-refractivity contribution in [3.05, 3.63) is 55.5 Å². The number of nitro benzene ring substituents is 1. The fourth-order valence-corrected chi connectivity index (χ4v) is 2.66. The summed E-state index contributed by atoms with van der Waals surface area (Å²) < 4.78 is 0. The van der Waals surface area contributed by atoms with Crippen LogP contribution in [0.1, 0.15) is 28.2 Å². The number of halogens is 1. The second-order valence-corrected chi connectivity index (χ2v) is 5.74. The number of benzene rings is 1. The average molecular weight is 326 g/mol. The predicted octanol–water partition coefficient (Wildman–Crippen LogP) is 3.24. The molecule has 0 aliphatic rings. The average Bonchev–Trinajstić information content (AvgIpc) is 2.98. The summed E-state index contributed by atoms with van der Waals surface area (Å²) in [6.07, 6.45) is 1.72. The van der Waals surface area contributed by atoms with Gasteiger partial charge in [-0.05, 0) is 12.1 Å². The highest BCUT2D eigenvalue weighted by atomic mass is 35.5. The summed E-state index contributed by atoms with van der Waals surface area (Å²) in [5, 5.41) is 16.2. The Kier molecular flexibility index (Phi) is 4.87. The molecule has 2 rings (SSSR count). The minimum Gasteiger partial charge on any atom is -0.351 e. The number of nitro groups is 1. The lowest BCUT2D eigenvalue weighted by atomic mass is 10.1. The van der Waals surface area contributed by atoms with E-state index in [2.05, 4.69) is 10.3 Å². The molecule has 0 radical (unpaired) electrons. The molecule has 1 atom stereocenters. The molecule has 8 heteroatoms. The molecule has 21 heavy (non-hydrogen) atoms. The maximum Gasteiger partial charge on any atom is 0.287 e. The molecule has 2 aromatic rings. The summed E-state index contributed by atoms with van der Waals surface area (Å²) in [4.78, 5) is 26.3. The molecule has 0 fully saturated rings. The quantitative estimate of drug-likeness (QED) is 0.675. The summed E-state index contributed by atoms with van der Waals surface area (Å²) >= 11 is 7.31. The number of thiazole rings is 1. The molecule has 1 unspecified atom stereocenters. The van der Waals surface area contributed by atoms with Crippen molar-refractivity contribution >= 4 is 34.5 Å². The summed E-state index contributed by atoms with van der Waals surface area (Å²) in [5.41, 5.74) is 0.0707. The van der Waals surface area contributed by atoms with Gasteiger partial charge in [-0.25, -0.2) is 4.98 Å². The van der Waals surface area contributed by atoms with E-state index < -0.39 is 4.92 Å². The maximum absolute atomic E-state index is 12.0. The molecule has 0 saturated heterocycles. The molecular weight excluding hydrogens is 314 g/mol. The van der Waals surface area contributed by atoms with Crippen LogP contribution >= 0.6 is 22.9 Å². The normalized spacial score (nSPS) is 11.9. The van der Waals surface area contributed by atoms with Crippen LogP contribution in [0.3, 0.4) is 0 Å². The van der Waals surface area contributed by atoms with Gasteiger partial charge in [0, 0.05) is 35.7 Å². The van der Waals surface area contributed by atoms with E-state index in [0.29, 0.717) is 6.54 Å². The third-order valence-electron chi connectivity index (χ3n) is 2.85. The van der Waals surface area contributed by atoms with Crippen LogP contribution in [0.5, 0.6) is 0 Å². The van der Waals surface area contributed by atoms with Gasteiger partial charge in [-0.3, -0.25) is 14.9 Å². The predicted molar refractivity (Wildman–Crippen MR) is 81.0 cm³/mol. The van der Waals surface area contributed by atoms with E-state index in [1.807, 2.05) is 12.3 Å². The fraction of sp³-hybridized carbons (Fsp3) is 0.231. The van der Waals surface area contributed by atoms with Gasteiger partial charge in [0.1, 0.15) is 5.02 Å². The van der Waals surface area contributed by atoms with Gasteiger partial charge in [0.25, 0.3) is 11.6 Å². The van der Waals surface area contributed by atoms with E-state index in [1.54, 1.807) is 6.20 Å². The Balaban J connectivity index is 2.00. The van der Waals surface area contributed by atoms with Crippen molar-refractivity contribution < 1.29 is 9.72 Å². The van der Waals surface area contributed by atoms with Crippen LogP contribution < -0.4 is 5.32 Å². The first-order valence-electron chi connectivity index (χ1n) is 6.10. The number of nitrogens with zero attached hydrogens (tertiary/aromatic N) is 2. The zero-order valence-electron chi connectivity index (χ0n) is 11.1. The summed E-state index contributed by atoms with van der Waals surface area (Å²) in [6, 6.07) is 3.90. The van der Waals surface area contributed by atoms with E-state index in [-0.39, 0.29) is 28.1 Å². The zero-order chi connectivity index (χ0) is 15.4. The van der Waals surface area contributed by atoms with Gasteiger partial charge in [0.05, 0.1) is 9.93 Å². The first-order valence-corrected chi connectivity index (χ1v) is 7.36. The number of hydrogen-bond donors (Lipinski definition) is 1. The first kappa shape index (κ1) is 15.4. The zero-order valence-corrected chi connectivity index (χ0v) is 12.6. The third kappa shape index (κ3) is 3.77. The van der Waals surface area contributed by atoms with Crippen molar-refractivity contribution in [3.63, 3.8) is 0 Å². The highest BCUT2D eigenvalue weighted by Gasteiger charge is 2.16. The summed E-state index contributed by atoms with van der Waals surface area (Å²) in [5.74, 6) is -0.224. The SMILES string of the molecule is CC(CNC(=O)c1ccc([N+](=O)[O-])c(Cl)c1)c1nccs1. The van der Waals surface area contributed by atoms with Crippen molar-refractivity contribution in [2.45, 2.75) is 12.8 Å². The van der Waals surface area contributed by atoms with E-state index in [4.69, 9.17) is 11.6 Å². The molecule has 0 saturated carbocycles. The molecule has 0 bridgehead atoms. The molecule has 0 aliphatic heterocycles. The van der Waals surface area contributed by atoms with Gasteiger partial charge < -0.3 is 5.32 Å². The van der Waals surface area contributed by atoms with Crippen LogP contribution in [0.15, 0.2) is 29.8 Å². The molecule has 1 N–H and O–H groups in total. The van der Waals surface area contributed by atoms with Crippen LogP contribution in [0.4, 0.5) is 5.69 Å². The highest BCUT2D eigenvalue weighted by molar-refractivity contribution is 7.09. The number of carbonyl (C=O) groups is 1. The van der Waals surface area contributed by atoms with Gasteiger partial charge in [-0.15, -0.1) is 11.3 Å². The van der Waals surface area contributed by atoms with Crippen molar-refractivity contribution in [2.24, 2.45) is 0 Å². The van der Waals surface area contributed by atoms with Crippen molar-refractivity contribution in [1.29, 1.82) is 0 Å². The third-order valence-corrected chi connectivity index (χ3v) is 4.16. The van der Waals surface area contributed by atoms with Crippen LogP contribution in [0.25, 0.3) is 0 Å². The largest absolute Gasteiger partial charge is 0.351 e. The fourth-order valence-electron chi connectivity index (χ4n) is 1.71. The number of rotatable bonds is 5. The second-order valence-electron chi connectivity index (χ2n) is 4.40. The topological polar surface area (TPSA) is 85.1 Å². The molecular formula is C13H12ClN3O3S.